The van der Waals surface area contributed by atoms with E-state index >= 15 is 0 Å². The van der Waals surface area contributed by atoms with Crippen LogP contribution < -0.4 is 5.32 Å². The molecular weight excluding hydrogens is 196 g/mol. The van der Waals surface area contributed by atoms with Gasteiger partial charge in [-0.1, -0.05) is 26.2 Å². The molecule has 2 fully saturated rings. The Bertz CT molecular complexity index is 205. The number of hydrogen-bond donors (Lipinski definition) is 1. The third-order valence-electron chi connectivity index (χ3n) is 4.40. The summed E-state index contributed by atoms with van der Waals surface area (Å²) in [5.41, 5.74) is 0. The zero-order valence-corrected chi connectivity index (χ0v) is 11.0. The minimum absolute atomic E-state index is 0.793. The summed E-state index contributed by atoms with van der Waals surface area (Å²) >= 11 is 0. The number of unbranched alkanes of at least 4 members (excludes halogenated alkanes) is 2. The van der Waals surface area contributed by atoms with Gasteiger partial charge in [-0.3, -0.25) is 4.90 Å². The topological polar surface area (TPSA) is 15.3 Å². The first-order valence-corrected chi connectivity index (χ1v) is 7.29. The number of fused-ring (bicyclic) bond motifs is 2. The van der Waals surface area contributed by atoms with Crippen molar-refractivity contribution in [1.29, 1.82) is 0 Å². The van der Waals surface area contributed by atoms with Gasteiger partial charge in [-0.25, -0.2) is 0 Å². The van der Waals surface area contributed by atoms with Crippen molar-refractivity contribution in [3.8, 4) is 0 Å². The third-order valence-corrected chi connectivity index (χ3v) is 4.40. The molecule has 0 aromatic heterocycles. The fourth-order valence-electron chi connectivity index (χ4n) is 3.24. The van der Waals surface area contributed by atoms with Crippen LogP contribution in [-0.2, 0) is 0 Å². The molecule has 2 heteroatoms. The number of nitrogens with one attached hydrogen (secondary N) is 1. The molecule has 94 valence electrons. The molecule has 0 aromatic rings. The van der Waals surface area contributed by atoms with Gasteiger partial charge in [0.2, 0.25) is 0 Å². The molecule has 2 aliphatic rings. The standard InChI is InChI=1S/C14H28N2/c1-3-4-5-6-12(2)16-10-9-13-7-8-14(11-16)15-13/h12-15H,3-11H2,1-2H3. The first-order chi connectivity index (χ1) is 7.79. The zero-order valence-electron chi connectivity index (χ0n) is 11.0. The van der Waals surface area contributed by atoms with Crippen LogP contribution in [0.3, 0.4) is 0 Å². The average Bonchev–Trinajstić information content (AvgIpc) is 2.58. The van der Waals surface area contributed by atoms with E-state index in [2.05, 4.69) is 24.1 Å². The molecule has 0 saturated carbocycles. The van der Waals surface area contributed by atoms with Gasteiger partial charge in [0.05, 0.1) is 0 Å². The largest absolute Gasteiger partial charge is 0.310 e. The lowest BCUT2D eigenvalue weighted by atomic mass is 10.0. The number of rotatable bonds is 5. The van der Waals surface area contributed by atoms with Gasteiger partial charge in [-0.15, -0.1) is 0 Å². The summed E-state index contributed by atoms with van der Waals surface area (Å²) in [6.07, 6.45) is 9.75. The SMILES string of the molecule is CCCCCC(C)N1CCC2CCC(C1)N2. The van der Waals surface area contributed by atoms with Crippen LogP contribution in [0.5, 0.6) is 0 Å². The molecule has 2 aliphatic heterocycles. The summed E-state index contributed by atoms with van der Waals surface area (Å²) in [6.45, 7) is 7.33. The fourth-order valence-corrected chi connectivity index (χ4v) is 3.24. The first kappa shape index (κ1) is 12.4. The fraction of sp³-hybridized carbons (Fsp3) is 1.00. The van der Waals surface area contributed by atoms with Gasteiger partial charge in [0.25, 0.3) is 0 Å². The lowest BCUT2D eigenvalue weighted by Gasteiger charge is -2.30. The number of hydrogen-bond acceptors (Lipinski definition) is 2. The molecule has 2 nitrogen and oxygen atoms in total. The second-order valence-corrected chi connectivity index (χ2v) is 5.77. The average molecular weight is 224 g/mol. The number of nitrogens with zero attached hydrogens (tertiary/aromatic N) is 1. The van der Waals surface area contributed by atoms with E-state index in [0.717, 1.165) is 18.1 Å². The highest BCUT2D eigenvalue weighted by atomic mass is 15.2. The summed E-state index contributed by atoms with van der Waals surface area (Å²) in [5.74, 6) is 0. The van der Waals surface area contributed by atoms with Crippen molar-refractivity contribution in [2.75, 3.05) is 13.1 Å². The van der Waals surface area contributed by atoms with Crippen molar-refractivity contribution in [3.63, 3.8) is 0 Å². The third kappa shape index (κ3) is 3.21. The summed E-state index contributed by atoms with van der Waals surface area (Å²) < 4.78 is 0. The quantitative estimate of drug-likeness (QED) is 0.722. The Morgan fingerprint density at radius 1 is 1.19 bits per heavy atom. The van der Waals surface area contributed by atoms with Crippen molar-refractivity contribution < 1.29 is 0 Å². The van der Waals surface area contributed by atoms with Crippen LogP contribution in [0.2, 0.25) is 0 Å². The van der Waals surface area contributed by atoms with E-state index in [9.17, 15) is 0 Å². The Morgan fingerprint density at radius 3 is 2.81 bits per heavy atom. The van der Waals surface area contributed by atoms with E-state index in [1.807, 2.05) is 0 Å². The van der Waals surface area contributed by atoms with Crippen molar-refractivity contribution in [2.24, 2.45) is 0 Å². The van der Waals surface area contributed by atoms with Gasteiger partial charge < -0.3 is 5.32 Å². The van der Waals surface area contributed by atoms with Crippen molar-refractivity contribution in [3.05, 3.63) is 0 Å². The predicted molar refractivity (Wildman–Crippen MR) is 69.7 cm³/mol. The minimum atomic E-state index is 0.793. The van der Waals surface area contributed by atoms with E-state index in [0.29, 0.717) is 0 Å². The summed E-state index contributed by atoms with van der Waals surface area (Å²) in [7, 11) is 0. The minimum Gasteiger partial charge on any atom is -0.310 e. The summed E-state index contributed by atoms with van der Waals surface area (Å²) in [6, 6.07) is 2.42. The Morgan fingerprint density at radius 2 is 2.00 bits per heavy atom. The molecule has 3 atom stereocenters. The van der Waals surface area contributed by atoms with E-state index in [1.54, 1.807) is 0 Å². The van der Waals surface area contributed by atoms with Gasteiger partial charge in [-0.2, -0.15) is 0 Å². The van der Waals surface area contributed by atoms with Crippen LogP contribution in [-0.4, -0.2) is 36.1 Å². The van der Waals surface area contributed by atoms with E-state index in [4.69, 9.17) is 0 Å². The Labute approximate surface area is 101 Å². The summed E-state index contributed by atoms with van der Waals surface area (Å²) in [4.78, 5) is 2.73. The molecule has 2 bridgehead atoms. The first-order valence-electron chi connectivity index (χ1n) is 7.29. The zero-order chi connectivity index (χ0) is 11.4. The molecule has 0 radical (unpaired) electrons. The second kappa shape index (κ2) is 6.02. The van der Waals surface area contributed by atoms with E-state index in [1.165, 1.54) is 58.0 Å². The van der Waals surface area contributed by atoms with Gasteiger partial charge in [0.1, 0.15) is 0 Å². The van der Waals surface area contributed by atoms with Crippen LogP contribution in [0, 0.1) is 0 Å². The monoisotopic (exact) mass is 224 g/mol. The van der Waals surface area contributed by atoms with Crippen LogP contribution in [0.25, 0.3) is 0 Å². The molecular formula is C14H28N2. The van der Waals surface area contributed by atoms with Gasteiger partial charge in [-0.05, 0) is 39.2 Å². The van der Waals surface area contributed by atoms with Crippen molar-refractivity contribution >= 4 is 0 Å². The molecule has 0 aromatic carbocycles. The lowest BCUT2D eigenvalue weighted by molar-refractivity contribution is 0.187. The maximum Gasteiger partial charge on any atom is 0.0198 e. The highest BCUT2D eigenvalue weighted by molar-refractivity contribution is 4.90. The molecule has 2 rings (SSSR count). The molecule has 2 heterocycles. The maximum absolute atomic E-state index is 3.76. The molecule has 0 aliphatic carbocycles. The maximum atomic E-state index is 3.76. The van der Waals surface area contributed by atoms with Crippen molar-refractivity contribution in [2.45, 2.75) is 76.9 Å². The second-order valence-electron chi connectivity index (χ2n) is 5.77. The lowest BCUT2D eigenvalue weighted by Crippen LogP contribution is -2.40. The molecule has 1 N–H and O–H groups in total. The highest BCUT2D eigenvalue weighted by Gasteiger charge is 2.30. The van der Waals surface area contributed by atoms with Crippen LogP contribution >= 0.6 is 0 Å². The Balaban J connectivity index is 1.75. The molecule has 3 unspecified atom stereocenters. The Kier molecular flexibility index (Phi) is 4.66. The molecule has 0 spiro atoms. The van der Waals surface area contributed by atoms with Crippen LogP contribution in [0.15, 0.2) is 0 Å². The van der Waals surface area contributed by atoms with E-state index < -0.39 is 0 Å². The van der Waals surface area contributed by atoms with Crippen LogP contribution in [0.4, 0.5) is 0 Å². The normalized spacial score (nSPS) is 32.6. The molecule has 16 heavy (non-hydrogen) atoms. The van der Waals surface area contributed by atoms with Gasteiger partial charge in [0, 0.05) is 24.7 Å². The van der Waals surface area contributed by atoms with Crippen LogP contribution in [0.1, 0.15) is 58.8 Å². The molecule has 0 amide bonds. The van der Waals surface area contributed by atoms with E-state index in [-0.39, 0.29) is 0 Å². The number of likely N-dealkylation sites (tertiary alicyclic amines) is 1. The Hall–Kier alpha value is -0.0800. The molecule has 2 saturated heterocycles. The summed E-state index contributed by atoms with van der Waals surface area (Å²) in [5, 5.41) is 3.76. The highest BCUT2D eigenvalue weighted by Crippen LogP contribution is 2.22. The van der Waals surface area contributed by atoms with Gasteiger partial charge in [0.15, 0.2) is 0 Å². The predicted octanol–water partition coefficient (Wildman–Crippen LogP) is 2.78. The van der Waals surface area contributed by atoms with Gasteiger partial charge >= 0.3 is 0 Å². The van der Waals surface area contributed by atoms with Crippen molar-refractivity contribution in [1.82, 2.24) is 10.2 Å². The smallest absolute Gasteiger partial charge is 0.0198 e.